The Morgan fingerprint density at radius 2 is 2.05 bits per heavy atom. The molecule has 0 aliphatic carbocycles. The number of aryl methyl sites for hydroxylation is 1. The number of benzene rings is 1. The largest absolute Gasteiger partial charge is 0.456 e. The second-order valence-corrected chi connectivity index (χ2v) is 5.14. The Kier molecular flexibility index (Phi) is 5.39. The third kappa shape index (κ3) is 4.22. The van der Waals surface area contributed by atoms with Crippen LogP contribution in [-0.2, 0) is 6.54 Å². The van der Waals surface area contributed by atoms with Gasteiger partial charge in [0.2, 0.25) is 0 Å². The molecule has 3 nitrogen and oxygen atoms in total. The van der Waals surface area contributed by atoms with Gasteiger partial charge in [-0.1, -0.05) is 24.6 Å². The van der Waals surface area contributed by atoms with Gasteiger partial charge in [0.1, 0.15) is 11.5 Å². The molecule has 2 aromatic rings. The first-order valence-electron chi connectivity index (χ1n) is 6.77. The van der Waals surface area contributed by atoms with Gasteiger partial charge in [0.25, 0.3) is 0 Å². The zero-order valence-electron chi connectivity index (χ0n) is 11.8. The van der Waals surface area contributed by atoms with E-state index in [-0.39, 0.29) is 0 Å². The summed E-state index contributed by atoms with van der Waals surface area (Å²) in [5, 5.41) is 3.97. The normalized spacial score (nSPS) is 10.6. The van der Waals surface area contributed by atoms with Gasteiger partial charge in [-0.15, -0.1) is 0 Å². The lowest BCUT2D eigenvalue weighted by molar-refractivity contribution is 0.479. The number of nitrogens with zero attached hydrogens (tertiary/aromatic N) is 1. The quantitative estimate of drug-likeness (QED) is 0.804. The van der Waals surface area contributed by atoms with Gasteiger partial charge in [-0.3, -0.25) is 4.98 Å². The van der Waals surface area contributed by atoms with Crippen LogP contribution in [0.3, 0.4) is 0 Å². The first-order valence-corrected chi connectivity index (χ1v) is 7.15. The van der Waals surface area contributed by atoms with Crippen molar-refractivity contribution in [1.29, 1.82) is 0 Å². The minimum atomic E-state index is 0.569. The van der Waals surface area contributed by atoms with Crippen LogP contribution in [0, 0.1) is 6.92 Å². The van der Waals surface area contributed by atoms with E-state index in [9.17, 15) is 0 Å². The molecule has 0 bridgehead atoms. The maximum absolute atomic E-state index is 5.89. The maximum atomic E-state index is 5.89. The van der Waals surface area contributed by atoms with E-state index in [0.29, 0.717) is 10.8 Å². The van der Waals surface area contributed by atoms with Gasteiger partial charge in [-0.05, 0) is 43.1 Å². The highest BCUT2D eigenvalue weighted by atomic mass is 35.5. The summed E-state index contributed by atoms with van der Waals surface area (Å²) in [6.45, 7) is 6.17. The minimum absolute atomic E-state index is 0.569. The standard InChI is InChI=1S/C16H19ClN2O/c1-3-6-18-9-13-4-5-15(7-12(13)2)20-16-8-14(17)10-19-11-16/h4-5,7-8,10-11,18H,3,6,9H2,1-2H3. The number of halogens is 1. The number of ether oxygens (including phenoxy) is 1. The molecule has 1 aromatic carbocycles. The van der Waals surface area contributed by atoms with Crippen molar-refractivity contribution in [3.05, 3.63) is 52.8 Å². The molecule has 0 radical (unpaired) electrons. The van der Waals surface area contributed by atoms with Crippen LogP contribution in [0.15, 0.2) is 36.7 Å². The van der Waals surface area contributed by atoms with Gasteiger partial charge in [0, 0.05) is 18.8 Å². The van der Waals surface area contributed by atoms with Crippen molar-refractivity contribution >= 4 is 11.6 Å². The van der Waals surface area contributed by atoms with E-state index in [1.165, 1.54) is 11.1 Å². The van der Waals surface area contributed by atoms with E-state index < -0.39 is 0 Å². The van der Waals surface area contributed by atoms with Gasteiger partial charge in [0.05, 0.1) is 11.2 Å². The average molecular weight is 291 g/mol. The summed E-state index contributed by atoms with van der Waals surface area (Å²) in [5.74, 6) is 1.44. The van der Waals surface area contributed by atoms with Crippen LogP contribution in [0.2, 0.25) is 5.02 Å². The van der Waals surface area contributed by atoms with Crippen LogP contribution in [0.5, 0.6) is 11.5 Å². The molecule has 0 fully saturated rings. The van der Waals surface area contributed by atoms with E-state index in [2.05, 4.69) is 30.2 Å². The fourth-order valence-corrected chi connectivity index (χ4v) is 2.08. The summed E-state index contributed by atoms with van der Waals surface area (Å²) in [7, 11) is 0. The van der Waals surface area contributed by atoms with E-state index >= 15 is 0 Å². The second-order valence-electron chi connectivity index (χ2n) is 4.71. The summed E-state index contributed by atoms with van der Waals surface area (Å²) in [4.78, 5) is 4.00. The summed E-state index contributed by atoms with van der Waals surface area (Å²) >= 11 is 5.89. The highest BCUT2D eigenvalue weighted by Crippen LogP contribution is 2.25. The Morgan fingerprint density at radius 3 is 2.75 bits per heavy atom. The molecule has 1 heterocycles. The molecule has 1 aromatic heterocycles. The predicted molar refractivity (Wildman–Crippen MR) is 82.5 cm³/mol. The lowest BCUT2D eigenvalue weighted by atomic mass is 10.1. The van der Waals surface area contributed by atoms with Gasteiger partial charge < -0.3 is 10.1 Å². The van der Waals surface area contributed by atoms with E-state index in [4.69, 9.17) is 16.3 Å². The smallest absolute Gasteiger partial charge is 0.147 e. The minimum Gasteiger partial charge on any atom is -0.456 e. The van der Waals surface area contributed by atoms with Crippen LogP contribution < -0.4 is 10.1 Å². The first kappa shape index (κ1) is 14.8. The number of nitrogens with one attached hydrogen (secondary N) is 1. The summed E-state index contributed by atoms with van der Waals surface area (Å²) in [6, 6.07) is 7.84. The van der Waals surface area contributed by atoms with Crippen molar-refractivity contribution in [3.63, 3.8) is 0 Å². The fraction of sp³-hybridized carbons (Fsp3) is 0.312. The Bertz CT molecular complexity index is 572. The molecule has 4 heteroatoms. The van der Waals surface area contributed by atoms with Gasteiger partial charge in [-0.2, -0.15) is 0 Å². The SMILES string of the molecule is CCCNCc1ccc(Oc2cncc(Cl)c2)cc1C. The molecular formula is C16H19ClN2O. The fourth-order valence-electron chi connectivity index (χ4n) is 1.91. The zero-order chi connectivity index (χ0) is 14.4. The lowest BCUT2D eigenvalue weighted by Crippen LogP contribution is -2.14. The van der Waals surface area contributed by atoms with Crippen LogP contribution in [0.4, 0.5) is 0 Å². The van der Waals surface area contributed by atoms with Crippen LogP contribution in [0.25, 0.3) is 0 Å². The Labute approximate surface area is 124 Å². The molecule has 106 valence electrons. The van der Waals surface area contributed by atoms with E-state index in [1.54, 1.807) is 18.5 Å². The lowest BCUT2D eigenvalue weighted by Gasteiger charge is -2.10. The highest BCUT2D eigenvalue weighted by Gasteiger charge is 2.03. The number of pyridine rings is 1. The average Bonchev–Trinajstić information content (AvgIpc) is 2.41. The number of hydrogen-bond acceptors (Lipinski definition) is 3. The molecule has 0 saturated carbocycles. The summed E-state index contributed by atoms with van der Waals surface area (Å²) < 4.78 is 5.75. The van der Waals surface area contributed by atoms with Crippen LogP contribution in [0.1, 0.15) is 24.5 Å². The number of hydrogen-bond donors (Lipinski definition) is 1. The molecule has 0 aliphatic heterocycles. The first-order chi connectivity index (χ1) is 9.69. The van der Waals surface area contributed by atoms with E-state index in [1.807, 2.05) is 12.1 Å². The predicted octanol–water partition coefficient (Wildman–Crippen LogP) is 4.34. The van der Waals surface area contributed by atoms with Crippen molar-refractivity contribution < 1.29 is 4.74 Å². The molecule has 0 unspecified atom stereocenters. The summed E-state index contributed by atoms with van der Waals surface area (Å²) in [6.07, 6.45) is 4.38. The molecule has 0 atom stereocenters. The molecule has 20 heavy (non-hydrogen) atoms. The zero-order valence-corrected chi connectivity index (χ0v) is 12.6. The molecule has 1 N–H and O–H groups in total. The molecule has 0 saturated heterocycles. The number of rotatable bonds is 6. The molecule has 0 spiro atoms. The van der Waals surface area contributed by atoms with Gasteiger partial charge in [0.15, 0.2) is 0 Å². The van der Waals surface area contributed by atoms with Crippen molar-refractivity contribution in [2.75, 3.05) is 6.54 Å². The van der Waals surface area contributed by atoms with Gasteiger partial charge >= 0.3 is 0 Å². The summed E-state index contributed by atoms with van der Waals surface area (Å²) in [5.41, 5.74) is 2.50. The number of aromatic nitrogens is 1. The van der Waals surface area contributed by atoms with Crippen LogP contribution in [-0.4, -0.2) is 11.5 Å². The third-order valence-corrected chi connectivity index (χ3v) is 3.18. The maximum Gasteiger partial charge on any atom is 0.147 e. The highest BCUT2D eigenvalue weighted by molar-refractivity contribution is 6.30. The Morgan fingerprint density at radius 1 is 1.20 bits per heavy atom. The monoisotopic (exact) mass is 290 g/mol. The van der Waals surface area contributed by atoms with Crippen LogP contribution >= 0.6 is 11.6 Å². The van der Waals surface area contributed by atoms with Crippen molar-refractivity contribution in [2.24, 2.45) is 0 Å². The van der Waals surface area contributed by atoms with Crippen molar-refractivity contribution in [2.45, 2.75) is 26.8 Å². The molecule has 2 rings (SSSR count). The Balaban J connectivity index is 2.05. The third-order valence-electron chi connectivity index (χ3n) is 2.97. The van der Waals surface area contributed by atoms with E-state index in [0.717, 1.165) is 25.3 Å². The molecule has 0 amide bonds. The molecule has 0 aliphatic rings. The Hall–Kier alpha value is -1.58. The van der Waals surface area contributed by atoms with Gasteiger partial charge in [-0.25, -0.2) is 0 Å². The second kappa shape index (κ2) is 7.27. The van der Waals surface area contributed by atoms with Crippen molar-refractivity contribution in [1.82, 2.24) is 10.3 Å². The molecular weight excluding hydrogens is 272 g/mol. The topological polar surface area (TPSA) is 34.1 Å². The van der Waals surface area contributed by atoms with Crippen molar-refractivity contribution in [3.8, 4) is 11.5 Å².